The molecule has 0 heterocycles. The van der Waals surface area contributed by atoms with E-state index in [1.165, 1.54) is 30.4 Å². The van der Waals surface area contributed by atoms with Gasteiger partial charge in [-0.3, -0.25) is 0 Å². The van der Waals surface area contributed by atoms with Crippen molar-refractivity contribution in [2.45, 2.75) is 39.5 Å². The molecule has 2 aromatic carbocycles. The molecule has 0 atom stereocenters. The van der Waals surface area contributed by atoms with Gasteiger partial charge in [-0.1, -0.05) is 62.2 Å². The first-order valence-corrected chi connectivity index (χ1v) is 7.76. The number of aryl methyl sites for hydroxylation is 2. The van der Waals surface area contributed by atoms with Crippen molar-refractivity contribution in [2.24, 2.45) is 0 Å². The standard InChI is InChI=1S/C20H25N/c1-4-5-6-7-17-9-11-18(12-10-17)16(3)19-14-15(2)8-13-20(19)21/h8-14H,3-7,21H2,1-2H3. The van der Waals surface area contributed by atoms with Crippen molar-refractivity contribution < 1.29 is 0 Å². The van der Waals surface area contributed by atoms with Crippen molar-refractivity contribution in [1.82, 2.24) is 0 Å². The molecule has 1 nitrogen and oxygen atoms in total. The maximum atomic E-state index is 6.08. The van der Waals surface area contributed by atoms with Gasteiger partial charge in [-0.2, -0.15) is 0 Å². The molecule has 21 heavy (non-hydrogen) atoms. The molecule has 0 saturated heterocycles. The Labute approximate surface area is 128 Å². The first-order chi connectivity index (χ1) is 10.1. The van der Waals surface area contributed by atoms with Crippen molar-refractivity contribution in [3.63, 3.8) is 0 Å². The normalized spacial score (nSPS) is 10.6. The summed E-state index contributed by atoms with van der Waals surface area (Å²) in [6.07, 6.45) is 4.99. The zero-order chi connectivity index (χ0) is 15.2. The van der Waals surface area contributed by atoms with Crippen LogP contribution in [0.25, 0.3) is 5.57 Å². The molecule has 0 bridgehead atoms. The van der Waals surface area contributed by atoms with Crippen LogP contribution >= 0.6 is 0 Å². The van der Waals surface area contributed by atoms with Crippen LogP contribution in [0, 0.1) is 6.92 Å². The van der Waals surface area contributed by atoms with E-state index in [1.807, 2.05) is 12.1 Å². The zero-order valence-corrected chi connectivity index (χ0v) is 13.2. The van der Waals surface area contributed by atoms with Crippen molar-refractivity contribution in [3.05, 3.63) is 71.3 Å². The second kappa shape index (κ2) is 7.12. The lowest BCUT2D eigenvalue weighted by Gasteiger charge is -2.11. The summed E-state index contributed by atoms with van der Waals surface area (Å²) in [5.41, 5.74) is 12.6. The second-order valence-corrected chi connectivity index (χ2v) is 5.72. The fourth-order valence-electron chi connectivity index (χ4n) is 2.54. The van der Waals surface area contributed by atoms with E-state index in [-0.39, 0.29) is 0 Å². The Morgan fingerprint density at radius 2 is 1.76 bits per heavy atom. The van der Waals surface area contributed by atoms with Gasteiger partial charge in [0.15, 0.2) is 0 Å². The Balaban J connectivity index is 2.14. The Bertz CT molecular complexity index is 608. The maximum absolute atomic E-state index is 6.08. The number of hydrogen-bond acceptors (Lipinski definition) is 1. The number of rotatable bonds is 6. The molecule has 0 aliphatic carbocycles. The lowest BCUT2D eigenvalue weighted by atomic mass is 9.95. The molecule has 0 unspecified atom stereocenters. The molecule has 0 fully saturated rings. The van der Waals surface area contributed by atoms with E-state index < -0.39 is 0 Å². The fraction of sp³-hybridized carbons (Fsp3) is 0.300. The first-order valence-electron chi connectivity index (χ1n) is 7.76. The highest BCUT2D eigenvalue weighted by molar-refractivity contribution is 5.84. The summed E-state index contributed by atoms with van der Waals surface area (Å²) in [5, 5.41) is 0. The van der Waals surface area contributed by atoms with Crippen molar-refractivity contribution in [3.8, 4) is 0 Å². The number of nitrogen functional groups attached to an aromatic ring is 1. The molecule has 2 N–H and O–H groups in total. The van der Waals surface area contributed by atoms with Gasteiger partial charge in [-0.15, -0.1) is 0 Å². The van der Waals surface area contributed by atoms with E-state index in [0.29, 0.717) is 0 Å². The maximum Gasteiger partial charge on any atom is 0.0393 e. The van der Waals surface area contributed by atoms with Crippen LogP contribution in [0.3, 0.4) is 0 Å². The van der Waals surface area contributed by atoms with Crippen LogP contribution < -0.4 is 5.73 Å². The molecule has 0 aromatic heterocycles. The smallest absolute Gasteiger partial charge is 0.0393 e. The van der Waals surface area contributed by atoms with Crippen LogP contribution in [-0.2, 0) is 6.42 Å². The van der Waals surface area contributed by atoms with Crippen molar-refractivity contribution in [2.75, 3.05) is 5.73 Å². The Kier molecular flexibility index (Phi) is 5.21. The molecule has 0 spiro atoms. The van der Waals surface area contributed by atoms with Crippen LogP contribution in [0.15, 0.2) is 49.0 Å². The molecule has 0 aliphatic heterocycles. The van der Waals surface area contributed by atoms with Crippen LogP contribution in [0.5, 0.6) is 0 Å². The molecule has 2 rings (SSSR count). The molecule has 0 aliphatic rings. The van der Waals surface area contributed by atoms with Crippen molar-refractivity contribution in [1.29, 1.82) is 0 Å². The third-order valence-electron chi connectivity index (χ3n) is 3.91. The predicted molar refractivity (Wildman–Crippen MR) is 93.4 cm³/mol. The predicted octanol–water partition coefficient (Wildman–Crippen LogP) is 5.37. The minimum Gasteiger partial charge on any atom is -0.398 e. The molecule has 0 amide bonds. The molecule has 2 aromatic rings. The average molecular weight is 279 g/mol. The first kappa shape index (κ1) is 15.4. The van der Waals surface area contributed by atoms with Gasteiger partial charge in [-0.05, 0) is 48.6 Å². The Morgan fingerprint density at radius 1 is 1.05 bits per heavy atom. The molecular weight excluding hydrogens is 254 g/mol. The van der Waals surface area contributed by atoms with Crippen LogP contribution in [0.1, 0.15) is 48.4 Å². The van der Waals surface area contributed by atoms with E-state index in [1.54, 1.807) is 0 Å². The van der Waals surface area contributed by atoms with Gasteiger partial charge >= 0.3 is 0 Å². The number of nitrogens with two attached hydrogens (primary N) is 1. The fourth-order valence-corrected chi connectivity index (χ4v) is 2.54. The highest BCUT2D eigenvalue weighted by atomic mass is 14.6. The Morgan fingerprint density at radius 3 is 2.43 bits per heavy atom. The average Bonchev–Trinajstić information content (AvgIpc) is 2.50. The minimum atomic E-state index is 0.789. The third-order valence-corrected chi connectivity index (χ3v) is 3.91. The van der Waals surface area contributed by atoms with Crippen LogP contribution in [0.2, 0.25) is 0 Å². The van der Waals surface area contributed by atoms with Crippen LogP contribution in [0.4, 0.5) is 5.69 Å². The summed E-state index contributed by atoms with van der Waals surface area (Å²) in [7, 11) is 0. The highest BCUT2D eigenvalue weighted by Gasteiger charge is 2.06. The molecular formula is C20H25N. The molecule has 0 saturated carbocycles. The van der Waals surface area contributed by atoms with Gasteiger partial charge in [-0.25, -0.2) is 0 Å². The molecule has 110 valence electrons. The zero-order valence-electron chi connectivity index (χ0n) is 13.2. The monoisotopic (exact) mass is 279 g/mol. The van der Waals surface area contributed by atoms with Gasteiger partial charge in [0.2, 0.25) is 0 Å². The summed E-state index contributed by atoms with van der Waals surface area (Å²) >= 11 is 0. The highest BCUT2D eigenvalue weighted by Crippen LogP contribution is 2.27. The largest absolute Gasteiger partial charge is 0.398 e. The number of benzene rings is 2. The SMILES string of the molecule is C=C(c1ccc(CCCCC)cc1)c1cc(C)ccc1N. The van der Waals surface area contributed by atoms with E-state index >= 15 is 0 Å². The van der Waals surface area contributed by atoms with Gasteiger partial charge in [0, 0.05) is 11.3 Å². The van der Waals surface area contributed by atoms with Gasteiger partial charge in [0.1, 0.15) is 0 Å². The minimum absolute atomic E-state index is 0.789. The summed E-state index contributed by atoms with van der Waals surface area (Å²) in [5.74, 6) is 0. The van der Waals surface area contributed by atoms with Gasteiger partial charge < -0.3 is 5.73 Å². The molecule has 0 radical (unpaired) electrons. The lowest BCUT2D eigenvalue weighted by Crippen LogP contribution is -1.95. The number of anilines is 1. The van der Waals surface area contributed by atoms with E-state index in [9.17, 15) is 0 Å². The summed E-state index contributed by atoms with van der Waals surface area (Å²) in [6.45, 7) is 8.53. The Hall–Kier alpha value is -2.02. The van der Waals surface area contributed by atoms with Crippen molar-refractivity contribution >= 4 is 11.3 Å². The van der Waals surface area contributed by atoms with E-state index in [0.717, 1.165) is 28.8 Å². The van der Waals surface area contributed by atoms with Gasteiger partial charge in [0.25, 0.3) is 0 Å². The third kappa shape index (κ3) is 3.98. The van der Waals surface area contributed by atoms with E-state index in [2.05, 4.69) is 50.8 Å². The summed E-state index contributed by atoms with van der Waals surface area (Å²) in [6, 6.07) is 14.8. The summed E-state index contributed by atoms with van der Waals surface area (Å²) in [4.78, 5) is 0. The summed E-state index contributed by atoms with van der Waals surface area (Å²) < 4.78 is 0. The van der Waals surface area contributed by atoms with Gasteiger partial charge in [0.05, 0.1) is 0 Å². The molecule has 1 heteroatoms. The van der Waals surface area contributed by atoms with E-state index in [4.69, 9.17) is 5.73 Å². The topological polar surface area (TPSA) is 26.0 Å². The number of hydrogen-bond donors (Lipinski definition) is 1. The quantitative estimate of drug-likeness (QED) is 0.558. The number of unbranched alkanes of at least 4 members (excludes halogenated alkanes) is 2. The lowest BCUT2D eigenvalue weighted by molar-refractivity contribution is 0.717. The second-order valence-electron chi connectivity index (χ2n) is 5.72. The van der Waals surface area contributed by atoms with Crippen LogP contribution in [-0.4, -0.2) is 0 Å².